The highest BCUT2D eigenvalue weighted by Gasteiger charge is 2.04. The molecule has 0 saturated carbocycles. The van der Waals surface area contributed by atoms with Crippen LogP contribution in [-0.2, 0) is 4.79 Å². The zero-order valence-corrected chi connectivity index (χ0v) is 11.5. The molecule has 21 heavy (non-hydrogen) atoms. The van der Waals surface area contributed by atoms with Crippen LogP contribution in [0.3, 0.4) is 0 Å². The minimum atomic E-state index is -0.103. The minimum absolute atomic E-state index is 0.103. The summed E-state index contributed by atoms with van der Waals surface area (Å²) in [5.74, 6) is 0.376. The molecule has 0 aliphatic rings. The molecular formula is C16H14N4O. The molecule has 3 N–H and O–H groups in total. The first-order valence-corrected chi connectivity index (χ1v) is 6.52. The molecule has 0 aliphatic carbocycles. The Balaban J connectivity index is 2.05. The van der Waals surface area contributed by atoms with E-state index in [1.807, 2.05) is 36.4 Å². The largest absolute Gasteiger partial charge is 0.384 e. The second-order valence-corrected chi connectivity index (χ2v) is 4.76. The lowest BCUT2D eigenvalue weighted by atomic mass is 10.1. The first kappa shape index (κ1) is 13.1. The van der Waals surface area contributed by atoms with Crippen LogP contribution in [0.25, 0.3) is 22.2 Å². The van der Waals surface area contributed by atoms with Crippen molar-refractivity contribution < 1.29 is 4.79 Å². The Hall–Kier alpha value is -2.95. The number of carbonyl (C=O) groups excluding carboxylic acids is 1. The van der Waals surface area contributed by atoms with Crippen molar-refractivity contribution in [2.24, 2.45) is 0 Å². The molecule has 3 rings (SSSR count). The minimum Gasteiger partial charge on any atom is -0.384 e. The number of hydrogen-bond acceptors (Lipinski definition) is 4. The standard InChI is InChI=1S/C16H14N4O/c1-10(21)19-13-5-2-11-3-6-14(20-15(11)8-13)12-4-7-16(17)18-9-12/h2-9H,1H3,(H2,17,18)(H,19,21). The zero-order valence-electron chi connectivity index (χ0n) is 11.5. The van der Waals surface area contributed by atoms with Gasteiger partial charge in [0, 0.05) is 29.8 Å². The van der Waals surface area contributed by atoms with Crippen molar-refractivity contribution in [3.05, 3.63) is 48.7 Å². The van der Waals surface area contributed by atoms with E-state index in [9.17, 15) is 4.79 Å². The van der Waals surface area contributed by atoms with Crippen LogP contribution in [0.4, 0.5) is 11.5 Å². The van der Waals surface area contributed by atoms with E-state index in [1.54, 1.807) is 12.3 Å². The summed E-state index contributed by atoms with van der Waals surface area (Å²) in [5.41, 5.74) is 8.85. The van der Waals surface area contributed by atoms with Crippen molar-refractivity contribution in [1.82, 2.24) is 9.97 Å². The highest BCUT2D eigenvalue weighted by atomic mass is 16.1. The van der Waals surface area contributed by atoms with Gasteiger partial charge >= 0.3 is 0 Å². The number of benzene rings is 1. The number of nitrogen functional groups attached to an aromatic ring is 1. The number of carbonyl (C=O) groups is 1. The van der Waals surface area contributed by atoms with Crippen LogP contribution in [0.2, 0.25) is 0 Å². The molecular weight excluding hydrogens is 264 g/mol. The first-order valence-electron chi connectivity index (χ1n) is 6.52. The molecule has 0 saturated heterocycles. The molecule has 0 fully saturated rings. The molecule has 0 bridgehead atoms. The number of nitrogens with two attached hydrogens (primary N) is 1. The molecule has 104 valence electrons. The van der Waals surface area contributed by atoms with Gasteiger partial charge in [0.15, 0.2) is 0 Å². The maximum absolute atomic E-state index is 11.1. The molecule has 0 atom stereocenters. The smallest absolute Gasteiger partial charge is 0.221 e. The Kier molecular flexibility index (Phi) is 3.23. The molecule has 0 aliphatic heterocycles. The third-order valence-corrected chi connectivity index (χ3v) is 3.09. The molecule has 2 heterocycles. The van der Waals surface area contributed by atoms with Crippen LogP contribution >= 0.6 is 0 Å². The SMILES string of the molecule is CC(=O)Nc1ccc2ccc(-c3ccc(N)nc3)nc2c1. The normalized spacial score (nSPS) is 10.5. The number of anilines is 2. The predicted octanol–water partition coefficient (Wildman–Crippen LogP) is 2.84. The average Bonchev–Trinajstić information content (AvgIpc) is 2.46. The van der Waals surface area contributed by atoms with E-state index >= 15 is 0 Å². The van der Waals surface area contributed by atoms with Gasteiger partial charge in [-0.15, -0.1) is 0 Å². The van der Waals surface area contributed by atoms with Crippen molar-refractivity contribution in [3.63, 3.8) is 0 Å². The van der Waals surface area contributed by atoms with Gasteiger partial charge in [-0.3, -0.25) is 4.79 Å². The Morgan fingerprint density at radius 2 is 1.95 bits per heavy atom. The third-order valence-electron chi connectivity index (χ3n) is 3.09. The monoisotopic (exact) mass is 278 g/mol. The molecule has 5 heteroatoms. The number of nitrogens with one attached hydrogen (secondary N) is 1. The van der Waals surface area contributed by atoms with E-state index in [0.717, 1.165) is 27.8 Å². The summed E-state index contributed by atoms with van der Waals surface area (Å²) in [7, 11) is 0. The number of hydrogen-bond donors (Lipinski definition) is 2. The summed E-state index contributed by atoms with van der Waals surface area (Å²) < 4.78 is 0. The predicted molar refractivity (Wildman–Crippen MR) is 83.7 cm³/mol. The highest BCUT2D eigenvalue weighted by Crippen LogP contribution is 2.23. The van der Waals surface area contributed by atoms with E-state index in [0.29, 0.717) is 5.82 Å². The Labute approximate surface area is 121 Å². The van der Waals surface area contributed by atoms with Gasteiger partial charge in [-0.05, 0) is 30.3 Å². The molecule has 0 unspecified atom stereocenters. The average molecular weight is 278 g/mol. The van der Waals surface area contributed by atoms with Crippen molar-refractivity contribution >= 4 is 28.3 Å². The molecule has 5 nitrogen and oxygen atoms in total. The van der Waals surface area contributed by atoms with Crippen molar-refractivity contribution in [1.29, 1.82) is 0 Å². The quantitative estimate of drug-likeness (QED) is 0.755. The van der Waals surface area contributed by atoms with E-state index in [4.69, 9.17) is 5.73 Å². The van der Waals surface area contributed by atoms with E-state index < -0.39 is 0 Å². The Morgan fingerprint density at radius 1 is 1.14 bits per heavy atom. The second kappa shape index (κ2) is 5.20. The van der Waals surface area contributed by atoms with Crippen LogP contribution in [0.15, 0.2) is 48.7 Å². The van der Waals surface area contributed by atoms with Crippen LogP contribution in [0.5, 0.6) is 0 Å². The van der Waals surface area contributed by atoms with Gasteiger partial charge in [-0.1, -0.05) is 12.1 Å². The fraction of sp³-hybridized carbons (Fsp3) is 0.0625. The maximum atomic E-state index is 11.1. The number of amides is 1. The van der Waals surface area contributed by atoms with E-state index in [-0.39, 0.29) is 5.91 Å². The summed E-state index contributed by atoms with van der Waals surface area (Å²) in [5, 5.41) is 3.77. The molecule has 0 spiro atoms. The highest BCUT2D eigenvalue weighted by molar-refractivity contribution is 5.92. The summed E-state index contributed by atoms with van der Waals surface area (Å²) >= 11 is 0. The van der Waals surface area contributed by atoms with Crippen molar-refractivity contribution in [2.45, 2.75) is 6.92 Å². The topological polar surface area (TPSA) is 80.9 Å². The van der Waals surface area contributed by atoms with Crippen molar-refractivity contribution in [2.75, 3.05) is 11.1 Å². The summed E-state index contributed by atoms with van der Waals surface area (Å²) in [6.45, 7) is 1.48. The van der Waals surface area contributed by atoms with Crippen LogP contribution in [0, 0.1) is 0 Å². The summed E-state index contributed by atoms with van der Waals surface area (Å²) in [6, 6.07) is 13.2. The number of aromatic nitrogens is 2. The van der Waals surface area contributed by atoms with E-state index in [2.05, 4.69) is 15.3 Å². The molecule has 1 aromatic carbocycles. The van der Waals surface area contributed by atoms with Gasteiger partial charge in [0.2, 0.25) is 5.91 Å². The fourth-order valence-corrected chi connectivity index (χ4v) is 2.12. The zero-order chi connectivity index (χ0) is 14.8. The second-order valence-electron chi connectivity index (χ2n) is 4.76. The lowest BCUT2D eigenvalue weighted by molar-refractivity contribution is -0.114. The van der Waals surface area contributed by atoms with Gasteiger partial charge in [0.25, 0.3) is 0 Å². The fourth-order valence-electron chi connectivity index (χ4n) is 2.12. The third kappa shape index (κ3) is 2.81. The van der Waals surface area contributed by atoms with Crippen LogP contribution < -0.4 is 11.1 Å². The van der Waals surface area contributed by atoms with Gasteiger partial charge in [0.05, 0.1) is 11.2 Å². The van der Waals surface area contributed by atoms with Gasteiger partial charge in [-0.2, -0.15) is 0 Å². The summed E-state index contributed by atoms with van der Waals surface area (Å²) in [6.07, 6.45) is 1.70. The van der Waals surface area contributed by atoms with Gasteiger partial charge < -0.3 is 11.1 Å². The van der Waals surface area contributed by atoms with Crippen LogP contribution in [-0.4, -0.2) is 15.9 Å². The van der Waals surface area contributed by atoms with Gasteiger partial charge in [-0.25, -0.2) is 9.97 Å². The lowest BCUT2D eigenvalue weighted by Gasteiger charge is -2.06. The van der Waals surface area contributed by atoms with Gasteiger partial charge in [0.1, 0.15) is 5.82 Å². The maximum Gasteiger partial charge on any atom is 0.221 e. The molecule has 2 aromatic heterocycles. The molecule has 0 radical (unpaired) electrons. The van der Waals surface area contributed by atoms with E-state index in [1.165, 1.54) is 6.92 Å². The number of rotatable bonds is 2. The summed E-state index contributed by atoms with van der Waals surface area (Å²) in [4.78, 5) is 19.8. The number of nitrogens with zero attached hydrogens (tertiary/aromatic N) is 2. The van der Waals surface area contributed by atoms with Crippen LogP contribution in [0.1, 0.15) is 6.92 Å². The number of pyridine rings is 2. The Bertz CT molecular complexity index is 812. The molecule has 3 aromatic rings. The lowest BCUT2D eigenvalue weighted by Crippen LogP contribution is -2.05. The number of fused-ring (bicyclic) bond motifs is 1. The first-order chi connectivity index (χ1) is 10.1. The molecule has 1 amide bonds. The Morgan fingerprint density at radius 3 is 2.67 bits per heavy atom. The van der Waals surface area contributed by atoms with Crippen molar-refractivity contribution in [3.8, 4) is 11.3 Å².